The summed E-state index contributed by atoms with van der Waals surface area (Å²) >= 11 is 0. The summed E-state index contributed by atoms with van der Waals surface area (Å²) in [5.74, 6) is -1.04. The molecule has 0 bridgehead atoms. The number of fused-ring (bicyclic) bond motifs is 1. The van der Waals surface area contributed by atoms with E-state index in [1.54, 1.807) is 48.5 Å². The van der Waals surface area contributed by atoms with Crippen molar-refractivity contribution in [3.05, 3.63) is 108 Å². The molecule has 1 N–H and O–H groups in total. The molecule has 4 rings (SSSR count). The van der Waals surface area contributed by atoms with Crippen molar-refractivity contribution in [2.45, 2.75) is 11.8 Å². The van der Waals surface area contributed by atoms with E-state index >= 15 is 0 Å². The van der Waals surface area contributed by atoms with Crippen LogP contribution in [0.15, 0.2) is 101 Å². The minimum atomic E-state index is -4.20. The number of hydrogen-bond donors (Lipinski definition) is 1. The van der Waals surface area contributed by atoms with Gasteiger partial charge in [-0.1, -0.05) is 60.7 Å². The molecule has 0 spiro atoms. The highest BCUT2D eigenvalue weighted by Crippen LogP contribution is 2.27. The first kappa shape index (κ1) is 24.4. The van der Waals surface area contributed by atoms with Crippen molar-refractivity contribution >= 4 is 44.3 Å². The number of para-hydroxylation sites is 2. The lowest BCUT2D eigenvalue weighted by Crippen LogP contribution is -2.16. The first-order valence-electron chi connectivity index (χ1n) is 10.8. The first-order valence-corrected chi connectivity index (χ1v) is 12.2. The van der Waals surface area contributed by atoms with Crippen molar-refractivity contribution in [2.75, 3.05) is 5.32 Å². The molecule has 0 aliphatic heterocycles. The fourth-order valence-corrected chi connectivity index (χ4v) is 4.55. The van der Waals surface area contributed by atoms with Crippen LogP contribution in [0.1, 0.15) is 22.8 Å². The molecule has 178 valence electrons. The maximum atomic E-state index is 13.0. The van der Waals surface area contributed by atoms with Gasteiger partial charge in [0.15, 0.2) is 5.78 Å². The molecular weight excluding hydrogens is 476 g/mol. The fraction of sp³-hybridized carbons (Fsp3) is 0.0357. The van der Waals surface area contributed by atoms with Crippen LogP contribution in [-0.2, 0) is 14.9 Å². The number of benzene rings is 4. The summed E-state index contributed by atoms with van der Waals surface area (Å²) in [5.41, 5.74) is 0.480. The third kappa shape index (κ3) is 5.32. The fourth-order valence-electron chi connectivity index (χ4n) is 3.56. The minimum absolute atomic E-state index is 0.0286. The van der Waals surface area contributed by atoms with Crippen LogP contribution >= 0.6 is 0 Å². The molecule has 4 aromatic carbocycles. The molecule has 0 aliphatic rings. The highest BCUT2D eigenvalue weighted by atomic mass is 32.2. The molecule has 1 amide bonds. The van der Waals surface area contributed by atoms with Gasteiger partial charge in [0.25, 0.3) is 5.91 Å². The number of carbonyl (C=O) groups is 2. The Morgan fingerprint density at radius 1 is 0.889 bits per heavy atom. The number of rotatable bonds is 7. The second-order valence-corrected chi connectivity index (χ2v) is 9.36. The Hall–Kier alpha value is -4.74. The van der Waals surface area contributed by atoms with Gasteiger partial charge in [-0.15, -0.1) is 0 Å². The Kier molecular flexibility index (Phi) is 6.95. The smallest absolute Gasteiger partial charge is 0.339 e. The number of nitrogens with one attached hydrogen (secondary N) is 1. The highest BCUT2D eigenvalue weighted by molar-refractivity contribution is 7.87. The SMILES string of the molecule is CC(=O)c1ccccc1NC(=O)/C(C#N)=C\c1ccccc1OS(=O)(=O)c1ccc2ccccc2c1. The maximum Gasteiger partial charge on any atom is 0.339 e. The van der Waals surface area contributed by atoms with E-state index in [4.69, 9.17) is 4.18 Å². The van der Waals surface area contributed by atoms with Crippen LogP contribution in [0.25, 0.3) is 16.8 Å². The zero-order chi connectivity index (χ0) is 25.7. The van der Waals surface area contributed by atoms with Gasteiger partial charge >= 0.3 is 10.1 Å². The van der Waals surface area contributed by atoms with E-state index in [0.717, 1.165) is 10.8 Å². The summed E-state index contributed by atoms with van der Waals surface area (Å²) in [6, 6.07) is 26.4. The third-order valence-electron chi connectivity index (χ3n) is 5.35. The minimum Gasteiger partial charge on any atom is -0.378 e. The Morgan fingerprint density at radius 2 is 1.56 bits per heavy atom. The average molecular weight is 497 g/mol. The third-order valence-corrected chi connectivity index (χ3v) is 6.58. The molecular formula is C28H20N2O5S. The zero-order valence-electron chi connectivity index (χ0n) is 19.1. The Bertz CT molecular complexity index is 1670. The van der Waals surface area contributed by atoms with E-state index < -0.39 is 16.0 Å². The normalized spacial score (nSPS) is 11.5. The van der Waals surface area contributed by atoms with Gasteiger partial charge in [-0.25, -0.2) is 0 Å². The molecule has 0 aliphatic carbocycles. The molecule has 0 aromatic heterocycles. The molecule has 0 atom stereocenters. The summed E-state index contributed by atoms with van der Waals surface area (Å²) in [4.78, 5) is 24.6. The van der Waals surface area contributed by atoms with Crippen LogP contribution in [0.2, 0.25) is 0 Å². The number of hydrogen-bond acceptors (Lipinski definition) is 6. The molecule has 0 unspecified atom stereocenters. The lowest BCUT2D eigenvalue weighted by molar-refractivity contribution is -0.112. The predicted molar refractivity (Wildman–Crippen MR) is 137 cm³/mol. The van der Waals surface area contributed by atoms with Crippen LogP contribution < -0.4 is 9.50 Å². The van der Waals surface area contributed by atoms with Crippen LogP contribution in [0.4, 0.5) is 5.69 Å². The highest BCUT2D eigenvalue weighted by Gasteiger charge is 2.20. The number of Topliss-reactive ketones (excluding diaryl/α,β-unsaturated/α-hetero) is 1. The topological polar surface area (TPSA) is 113 Å². The number of anilines is 1. The van der Waals surface area contributed by atoms with Crippen molar-refractivity contribution in [3.8, 4) is 11.8 Å². The molecule has 36 heavy (non-hydrogen) atoms. The van der Waals surface area contributed by atoms with Gasteiger partial charge in [0.1, 0.15) is 22.3 Å². The summed E-state index contributed by atoms with van der Waals surface area (Å²) < 4.78 is 31.4. The van der Waals surface area contributed by atoms with E-state index in [1.165, 1.54) is 37.3 Å². The van der Waals surface area contributed by atoms with E-state index in [1.807, 2.05) is 24.3 Å². The van der Waals surface area contributed by atoms with E-state index in [-0.39, 0.29) is 33.3 Å². The number of carbonyl (C=O) groups excluding carboxylic acids is 2. The molecule has 0 saturated carbocycles. The maximum absolute atomic E-state index is 13.0. The Morgan fingerprint density at radius 3 is 2.31 bits per heavy atom. The number of nitriles is 1. The van der Waals surface area contributed by atoms with Gasteiger partial charge in [0.2, 0.25) is 0 Å². The predicted octanol–water partition coefficient (Wildman–Crippen LogP) is 5.36. The molecule has 0 saturated heterocycles. The molecule has 0 heterocycles. The Balaban J connectivity index is 1.64. The van der Waals surface area contributed by atoms with Gasteiger partial charge in [-0.05, 0) is 54.1 Å². The standard InChI is InChI=1S/C28H20N2O5S/c1-19(31)25-11-5-6-12-26(25)30-28(32)23(18-29)16-22-10-4-7-13-27(22)35-36(33,34)24-15-14-20-8-2-3-9-21(20)17-24/h2-17H,1H3,(H,30,32)/b23-16-. The van der Waals surface area contributed by atoms with Crippen LogP contribution in [0.3, 0.4) is 0 Å². The lowest BCUT2D eigenvalue weighted by Gasteiger charge is -2.11. The van der Waals surface area contributed by atoms with Gasteiger partial charge in [-0.2, -0.15) is 13.7 Å². The second kappa shape index (κ2) is 10.3. The molecule has 0 radical (unpaired) electrons. The lowest BCUT2D eigenvalue weighted by atomic mass is 10.1. The van der Waals surface area contributed by atoms with E-state index in [9.17, 15) is 23.3 Å². The monoisotopic (exact) mass is 496 g/mol. The van der Waals surface area contributed by atoms with Crippen LogP contribution in [-0.4, -0.2) is 20.1 Å². The van der Waals surface area contributed by atoms with Gasteiger partial charge in [0.05, 0.1) is 5.69 Å². The van der Waals surface area contributed by atoms with Gasteiger partial charge in [-0.3, -0.25) is 9.59 Å². The zero-order valence-corrected chi connectivity index (χ0v) is 20.0. The van der Waals surface area contributed by atoms with E-state index in [2.05, 4.69) is 5.32 Å². The Labute approximate surface area is 208 Å². The molecule has 0 fully saturated rings. The van der Waals surface area contributed by atoms with Gasteiger partial charge in [0, 0.05) is 11.1 Å². The number of nitrogens with zero attached hydrogens (tertiary/aromatic N) is 1. The van der Waals surface area contributed by atoms with Crippen molar-refractivity contribution < 1.29 is 22.2 Å². The van der Waals surface area contributed by atoms with Crippen LogP contribution in [0.5, 0.6) is 5.75 Å². The number of ketones is 1. The van der Waals surface area contributed by atoms with Gasteiger partial charge < -0.3 is 9.50 Å². The van der Waals surface area contributed by atoms with Crippen molar-refractivity contribution in [2.24, 2.45) is 0 Å². The quantitative estimate of drug-likeness (QED) is 0.160. The molecule has 8 heteroatoms. The average Bonchev–Trinajstić information content (AvgIpc) is 2.87. The largest absolute Gasteiger partial charge is 0.378 e. The van der Waals surface area contributed by atoms with Crippen molar-refractivity contribution in [1.82, 2.24) is 0 Å². The summed E-state index contributed by atoms with van der Waals surface area (Å²) in [7, 11) is -4.20. The summed E-state index contributed by atoms with van der Waals surface area (Å²) in [5, 5.41) is 13.8. The van der Waals surface area contributed by atoms with Crippen LogP contribution in [0, 0.1) is 11.3 Å². The molecule has 4 aromatic rings. The summed E-state index contributed by atoms with van der Waals surface area (Å²) in [6.45, 7) is 1.37. The first-order chi connectivity index (χ1) is 17.3. The summed E-state index contributed by atoms with van der Waals surface area (Å²) in [6.07, 6.45) is 1.23. The van der Waals surface area contributed by atoms with E-state index in [0.29, 0.717) is 5.56 Å². The number of amides is 1. The second-order valence-electron chi connectivity index (χ2n) is 7.81. The molecule has 7 nitrogen and oxygen atoms in total. The van der Waals surface area contributed by atoms with Crippen molar-refractivity contribution in [1.29, 1.82) is 5.26 Å². The van der Waals surface area contributed by atoms with Crippen molar-refractivity contribution in [3.63, 3.8) is 0 Å².